The number of nitrogens with zero attached hydrogens (tertiary/aromatic N) is 4. The van der Waals surface area contributed by atoms with E-state index in [1.165, 1.54) is 16.9 Å². The molecule has 12 nitrogen and oxygen atoms in total. The van der Waals surface area contributed by atoms with Gasteiger partial charge in [0.25, 0.3) is 0 Å². The van der Waals surface area contributed by atoms with Gasteiger partial charge in [-0.05, 0) is 12.1 Å². The largest absolute Gasteiger partial charge is 0.387 e. The minimum atomic E-state index is -3.72. The second-order valence-corrected chi connectivity index (χ2v) is 7.88. The number of rotatable bonds is 6. The van der Waals surface area contributed by atoms with Crippen molar-refractivity contribution in [1.82, 2.24) is 14.6 Å². The minimum Gasteiger partial charge on any atom is -0.387 e. The molecule has 0 radical (unpaired) electrons. The highest BCUT2D eigenvalue weighted by molar-refractivity contribution is 7.51. The second kappa shape index (κ2) is 7.14. The van der Waals surface area contributed by atoms with Crippen molar-refractivity contribution in [3.63, 3.8) is 0 Å². The quantitative estimate of drug-likeness (QED) is 0.264. The van der Waals surface area contributed by atoms with Crippen molar-refractivity contribution in [2.45, 2.75) is 23.9 Å². The lowest BCUT2D eigenvalue weighted by atomic mass is 9.92. The van der Waals surface area contributed by atoms with Crippen LogP contribution in [0.5, 0.6) is 0 Å². The summed E-state index contributed by atoms with van der Waals surface area (Å²) in [5.41, 5.74) is 4.41. The number of fused-ring (bicyclic) bond motifs is 1. The van der Waals surface area contributed by atoms with E-state index in [1.807, 2.05) is 6.07 Å². The first kappa shape index (κ1) is 19.7. The molecular formula is C14H18N5O7P. The third kappa shape index (κ3) is 3.54. The van der Waals surface area contributed by atoms with Gasteiger partial charge in [0.15, 0.2) is 12.6 Å². The molecular weight excluding hydrogens is 381 g/mol. The van der Waals surface area contributed by atoms with Gasteiger partial charge in [0.05, 0.1) is 12.3 Å². The Kier molecular flexibility index (Phi) is 5.20. The summed E-state index contributed by atoms with van der Waals surface area (Å²) in [5, 5.41) is 34.5. The van der Waals surface area contributed by atoms with Crippen molar-refractivity contribution in [2.75, 3.05) is 25.8 Å². The summed E-state index contributed by atoms with van der Waals surface area (Å²) >= 11 is 0. The summed E-state index contributed by atoms with van der Waals surface area (Å²) in [7, 11) is -3.72. The van der Waals surface area contributed by atoms with Gasteiger partial charge in [0, 0.05) is 6.66 Å². The van der Waals surface area contributed by atoms with Gasteiger partial charge < -0.3 is 30.3 Å². The van der Waals surface area contributed by atoms with Gasteiger partial charge >= 0.3 is 7.60 Å². The molecule has 0 spiro atoms. The van der Waals surface area contributed by atoms with Crippen LogP contribution < -0.4 is 5.73 Å². The van der Waals surface area contributed by atoms with Gasteiger partial charge in [-0.1, -0.05) is 0 Å². The third-order valence-corrected chi connectivity index (χ3v) is 4.73. The number of ether oxygens (including phenoxy) is 2. The molecule has 1 saturated heterocycles. The third-order valence-electron chi connectivity index (χ3n) is 4.14. The van der Waals surface area contributed by atoms with Gasteiger partial charge in [-0.3, -0.25) is 9.09 Å². The van der Waals surface area contributed by atoms with Crippen LogP contribution >= 0.6 is 7.60 Å². The highest BCUT2D eigenvalue weighted by Crippen LogP contribution is 2.41. The van der Waals surface area contributed by atoms with Crippen molar-refractivity contribution >= 4 is 18.9 Å². The maximum atomic E-state index is 11.0. The number of nitrogens with two attached hydrogens (primary N) is 1. The lowest BCUT2D eigenvalue weighted by Crippen LogP contribution is -2.41. The molecule has 1 aliphatic rings. The number of hydrogen-bond acceptors (Lipinski definition) is 10. The van der Waals surface area contributed by atoms with Crippen molar-refractivity contribution in [1.29, 1.82) is 5.26 Å². The topological polar surface area (TPSA) is 185 Å². The van der Waals surface area contributed by atoms with Gasteiger partial charge in [-0.15, -0.1) is 0 Å². The molecule has 0 aliphatic carbocycles. The number of anilines is 1. The molecule has 3 rings (SSSR count). The molecule has 5 atom stereocenters. The van der Waals surface area contributed by atoms with Crippen molar-refractivity contribution in [3.8, 4) is 6.07 Å². The van der Waals surface area contributed by atoms with Gasteiger partial charge in [0.1, 0.15) is 36.2 Å². The monoisotopic (exact) mass is 399 g/mol. The first-order valence-electron chi connectivity index (χ1n) is 7.76. The standard InChI is InChI=1S/C14H18N5O7P/c1-27(22,23)25-7-24-4-9-11(20)12(21)14(5-15,26-9)10-3-2-8-13(16)17-6-18-19(8)10/h2-3,6,9,11-12,20-21H,4,7H2,1H3,(H,22,23)(H2,16,17,18)/t9?,11-,12-,14+/m1/s1. The Morgan fingerprint density at radius 3 is 2.93 bits per heavy atom. The van der Waals surface area contributed by atoms with Crippen LogP contribution in [-0.2, 0) is 24.2 Å². The van der Waals surface area contributed by atoms with E-state index in [9.17, 15) is 20.0 Å². The summed E-state index contributed by atoms with van der Waals surface area (Å²) in [5.74, 6) is 0.169. The van der Waals surface area contributed by atoms with Crippen LogP contribution in [0.25, 0.3) is 5.52 Å². The zero-order chi connectivity index (χ0) is 19.8. The fraction of sp³-hybridized carbons (Fsp3) is 0.500. The van der Waals surface area contributed by atoms with Crippen LogP contribution in [0.15, 0.2) is 18.5 Å². The van der Waals surface area contributed by atoms with Gasteiger partial charge in [0.2, 0.25) is 5.60 Å². The summed E-state index contributed by atoms with van der Waals surface area (Å²) < 4.78 is 27.6. The Morgan fingerprint density at radius 2 is 2.26 bits per heavy atom. The van der Waals surface area contributed by atoms with Crippen molar-refractivity contribution in [2.24, 2.45) is 0 Å². The highest BCUT2D eigenvalue weighted by Gasteiger charge is 2.57. The second-order valence-electron chi connectivity index (χ2n) is 6.02. The van der Waals surface area contributed by atoms with E-state index >= 15 is 0 Å². The Hall–Kier alpha value is -2.10. The van der Waals surface area contributed by atoms with Crippen LogP contribution in [0.3, 0.4) is 0 Å². The highest BCUT2D eigenvalue weighted by atomic mass is 31.2. The number of nitrogen functional groups attached to an aromatic ring is 1. The van der Waals surface area contributed by atoms with Crippen LogP contribution in [0.2, 0.25) is 0 Å². The Labute approximate surface area is 153 Å². The zero-order valence-electron chi connectivity index (χ0n) is 14.2. The molecule has 0 aromatic carbocycles. The molecule has 0 amide bonds. The number of aromatic nitrogens is 3. The fourth-order valence-electron chi connectivity index (χ4n) is 2.85. The maximum Gasteiger partial charge on any atom is 0.327 e. The van der Waals surface area contributed by atoms with E-state index in [4.69, 9.17) is 20.1 Å². The van der Waals surface area contributed by atoms with Crippen LogP contribution in [0.1, 0.15) is 5.69 Å². The summed E-state index contributed by atoms with van der Waals surface area (Å²) in [6, 6.07) is 4.94. The molecule has 27 heavy (non-hydrogen) atoms. The van der Waals surface area contributed by atoms with Crippen molar-refractivity contribution < 1.29 is 33.7 Å². The van der Waals surface area contributed by atoms with Crippen LogP contribution in [-0.4, -0.2) is 68.1 Å². The number of aliphatic hydroxyl groups excluding tert-OH is 2. The molecule has 2 unspecified atom stereocenters. The average Bonchev–Trinajstić information content (AvgIpc) is 3.14. The normalized spacial score (nSPS) is 30.3. The summed E-state index contributed by atoms with van der Waals surface area (Å²) in [6.45, 7) is 0.180. The summed E-state index contributed by atoms with van der Waals surface area (Å²) in [6.07, 6.45) is -2.98. The van der Waals surface area contributed by atoms with E-state index in [0.717, 1.165) is 6.66 Å². The molecule has 2 aromatic heterocycles. The number of aliphatic hydroxyl groups is 2. The molecule has 0 saturated carbocycles. The van der Waals surface area contributed by atoms with Gasteiger partial charge in [-0.25, -0.2) is 9.50 Å². The lowest BCUT2D eigenvalue weighted by Gasteiger charge is -2.24. The van der Waals surface area contributed by atoms with E-state index in [2.05, 4.69) is 14.6 Å². The molecule has 0 bridgehead atoms. The Morgan fingerprint density at radius 1 is 1.52 bits per heavy atom. The molecule has 1 fully saturated rings. The first-order valence-corrected chi connectivity index (χ1v) is 9.78. The zero-order valence-corrected chi connectivity index (χ0v) is 15.1. The molecule has 2 aromatic rings. The van der Waals surface area contributed by atoms with Crippen LogP contribution in [0, 0.1) is 11.3 Å². The molecule has 13 heteroatoms. The SMILES string of the molecule is CP(=O)(O)OCOCC1O[C@@](C#N)(c2ccc3c(N)ncnn23)[C@H](O)[C@@H]1O. The first-order chi connectivity index (χ1) is 12.7. The smallest absolute Gasteiger partial charge is 0.327 e. The van der Waals surface area contributed by atoms with E-state index in [1.54, 1.807) is 6.07 Å². The summed E-state index contributed by atoms with van der Waals surface area (Å²) in [4.78, 5) is 12.9. The van der Waals surface area contributed by atoms with Gasteiger partial charge in [-0.2, -0.15) is 10.4 Å². The van der Waals surface area contributed by atoms with E-state index < -0.39 is 38.3 Å². The van der Waals surface area contributed by atoms with Crippen LogP contribution in [0.4, 0.5) is 5.82 Å². The Bertz CT molecular complexity index is 924. The molecule has 1 aliphatic heterocycles. The maximum absolute atomic E-state index is 11.0. The predicted molar refractivity (Wildman–Crippen MR) is 89.2 cm³/mol. The molecule has 146 valence electrons. The molecule has 3 heterocycles. The van der Waals surface area contributed by atoms with E-state index in [0.29, 0.717) is 5.52 Å². The van der Waals surface area contributed by atoms with Crippen molar-refractivity contribution in [3.05, 3.63) is 24.2 Å². The predicted octanol–water partition coefficient (Wildman–Crippen LogP) is -1.04. The number of nitriles is 1. The lowest BCUT2D eigenvalue weighted by molar-refractivity contribution is -0.0949. The molecule has 5 N–H and O–H groups in total. The minimum absolute atomic E-state index is 0.160. The fourth-order valence-corrected chi connectivity index (χ4v) is 3.12. The van der Waals surface area contributed by atoms with E-state index in [-0.39, 0.29) is 18.1 Å². The number of hydrogen-bond donors (Lipinski definition) is 4. The average molecular weight is 399 g/mol. The Balaban J connectivity index is 1.84.